The molecule has 1 aromatic carbocycles. The van der Waals surface area contributed by atoms with Crippen LogP contribution in [0.4, 0.5) is 0 Å². The van der Waals surface area contributed by atoms with Crippen molar-refractivity contribution in [1.29, 1.82) is 0 Å². The van der Waals surface area contributed by atoms with Crippen molar-refractivity contribution in [3.8, 4) is 0 Å². The van der Waals surface area contributed by atoms with E-state index >= 15 is 0 Å². The van der Waals surface area contributed by atoms with Crippen LogP contribution in [0.25, 0.3) is 0 Å². The van der Waals surface area contributed by atoms with Crippen LogP contribution in [0.15, 0.2) is 33.7 Å². The van der Waals surface area contributed by atoms with Crippen LogP contribution in [0.3, 0.4) is 0 Å². The van der Waals surface area contributed by atoms with Gasteiger partial charge < -0.3 is 9.84 Å². The van der Waals surface area contributed by atoms with Crippen LogP contribution in [0.1, 0.15) is 54.3 Å². The number of nitrogens with zero attached hydrogens (tertiary/aromatic N) is 3. The maximum absolute atomic E-state index is 13.0. The van der Waals surface area contributed by atoms with E-state index in [0.29, 0.717) is 43.9 Å². The van der Waals surface area contributed by atoms with Crippen LogP contribution in [-0.4, -0.2) is 61.4 Å². The highest BCUT2D eigenvalue weighted by Crippen LogP contribution is 2.28. The predicted molar refractivity (Wildman–Crippen MR) is 125 cm³/mol. The number of rotatable bonds is 7. The second-order valence-corrected chi connectivity index (χ2v) is 11.1. The molecule has 0 spiro atoms. The first kappa shape index (κ1) is 23.9. The molecule has 9 heteroatoms. The van der Waals surface area contributed by atoms with Gasteiger partial charge in [-0.3, -0.25) is 9.69 Å². The van der Waals surface area contributed by atoms with Gasteiger partial charge >= 0.3 is 0 Å². The molecule has 4 rings (SSSR count). The van der Waals surface area contributed by atoms with E-state index in [2.05, 4.69) is 46.6 Å². The maximum Gasteiger partial charge on any atom is 0.248 e. The Hall–Kier alpha value is -2.23. The fourth-order valence-electron chi connectivity index (χ4n) is 4.97. The first-order chi connectivity index (χ1) is 15.8. The topological polar surface area (TPSA) is 95.8 Å². The van der Waals surface area contributed by atoms with Crippen molar-refractivity contribution < 1.29 is 17.7 Å². The van der Waals surface area contributed by atoms with Crippen molar-refractivity contribution in [3.63, 3.8) is 0 Å². The SMILES string of the molecule is Cc1ccc(C(CNC(=O)C2CCN(S(=O)(=O)c3c(C)noc3C)CC2)N2CCCC2)cc1. The third kappa shape index (κ3) is 5.15. The number of amides is 1. The van der Waals surface area contributed by atoms with Gasteiger partial charge in [0.05, 0.1) is 6.04 Å². The number of carbonyl (C=O) groups is 1. The molecule has 0 aliphatic carbocycles. The summed E-state index contributed by atoms with van der Waals surface area (Å²) < 4.78 is 32.6. The lowest BCUT2D eigenvalue weighted by atomic mass is 9.96. The zero-order valence-electron chi connectivity index (χ0n) is 19.7. The number of hydrogen-bond acceptors (Lipinski definition) is 6. The zero-order valence-corrected chi connectivity index (χ0v) is 20.5. The Balaban J connectivity index is 1.36. The molecule has 3 heterocycles. The van der Waals surface area contributed by atoms with Gasteiger partial charge in [0.2, 0.25) is 15.9 Å². The predicted octanol–water partition coefficient (Wildman–Crippen LogP) is 2.95. The smallest absolute Gasteiger partial charge is 0.248 e. The van der Waals surface area contributed by atoms with E-state index in [1.54, 1.807) is 13.8 Å². The number of piperidine rings is 1. The lowest BCUT2D eigenvalue weighted by Gasteiger charge is -2.32. The molecule has 0 bridgehead atoms. The Morgan fingerprint density at radius 2 is 1.73 bits per heavy atom. The molecule has 33 heavy (non-hydrogen) atoms. The van der Waals surface area contributed by atoms with E-state index in [9.17, 15) is 13.2 Å². The average Bonchev–Trinajstić information content (AvgIpc) is 3.45. The Labute approximate surface area is 196 Å². The number of aromatic nitrogens is 1. The monoisotopic (exact) mass is 474 g/mol. The highest BCUT2D eigenvalue weighted by Gasteiger charge is 2.35. The minimum absolute atomic E-state index is 0.0145. The van der Waals surface area contributed by atoms with Crippen molar-refractivity contribution in [2.45, 2.75) is 57.4 Å². The molecule has 2 fully saturated rings. The Morgan fingerprint density at radius 3 is 2.30 bits per heavy atom. The molecule has 8 nitrogen and oxygen atoms in total. The van der Waals surface area contributed by atoms with E-state index in [4.69, 9.17) is 4.52 Å². The average molecular weight is 475 g/mol. The molecule has 2 saturated heterocycles. The third-order valence-corrected chi connectivity index (χ3v) is 9.05. The summed E-state index contributed by atoms with van der Waals surface area (Å²) in [5, 5.41) is 6.94. The number of benzene rings is 1. The standard InChI is InChI=1S/C24H34N4O4S/c1-17-6-8-20(9-7-17)22(27-12-4-5-13-27)16-25-24(29)21-10-14-28(15-11-21)33(30,31)23-18(2)26-32-19(23)3/h6-9,21-22H,4-5,10-16H2,1-3H3,(H,25,29). The van der Waals surface area contributed by atoms with Gasteiger partial charge in [-0.1, -0.05) is 35.0 Å². The quantitative estimate of drug-likeness (QED) is 0.663. The van der Waals surface area contributed by atoms with Crippen LogP contribution in [0, 0.1) is 26.7 Å². The zero-order chi connectivity index (χ0) is 23.6. The van der Waals surface area contributed by atoms with Gasteiger partial charge in [0, 0.05) is 25.6 Å². The van der Waals surface area contributed by atoms with Gasteiger partial charge in [-0.2, -0.15) is 4.31 Å². The molecular weight excluding hydrogens is 440 g/mol. The second-order valence-electron chi connectivity index (χ2n) is 9.25. The molecule has 1 atom stereocenters. The summed E-state index contributed by atoms with van der Waals surface area (Å²) in [7, 11) is -3.67. The number of hydrogen-bond donors (Lipinski definition) is 1. The van der Waals surface area contributed by atoms with Crippen LogP contribution in [0.5, 0.6) is 0 Å². The van der Waals surface area contributed by atoms with Crippen LogP contribution in [-0.2, 0) is 14.8 Å². The normalized spacial score (nSPS) is 19.6. The second kappa shape index (κ2) is 9.95. The molecule has 0 radical (unpaired) electrons. The summed E-state index contributed by atoms with van der Waals surface area (Å²) in [6, 6.07) is 8.72. The first-order valence-corrected chi connectivity index (χ1v) is 13.2. The Bertz CT molecular complexity index is 1050. The number of likely N-dealkylation sites (tertiary alicyclic amines) is 1. The van der Waals surface area contributed by atoms with E-state index in [-0.39, 0.29) is 22.8 Å². The number of sulfonamides is 1. The van der Waals surface area contributed by atoms with Crippen molar-refractivity contribution in [3.05, 3.63) is 46.8 Å². The molecule has 1 N–H and O–H groups in total. The highest BCUT2D eigenvalue weighted by molar-refractivity contribution is 7.89. The summed E-state index contributed by atoms with van der Waals surface area (Å²) >= 11 is 0. The molecule has 2 aliphatic rings. The Morgan fingerprint density at radius 1 is 1.09 bits per heavy atom. The minimum Gasteiger partial charge on any atom is -0.360 e. The fraction of sp³-hybridized carbons (Fsp3) is 0.583. The summed E-state index contributed by atoms with van der Waals surface area (Å²) in [5.74, 6) is 0.135. The molecule has 0 saturated carbocycles. The van der Waals surface area contributed by atoms with E-state index in [1.165, 1.54) is 28.3 Å². The number of aryl methyl sites for hydroxylation is 3. The van der Waals surface area contributed by atoms with Gasteiger partial charge in [-0.25, -0.2) is 8.42 Å². The first-order valence-electron chi connectivity index (χ1n) is 11.8. The highest BCUT2D eigenvalue weighted by atomic mass is 32.2. The van der Waals surface area contributed by atoms with Gasteiger partial charge in [0.1, 0.15) is 10.6 Å². The van der Waals surface area contributed by atoms with E-state index in [0.717, 1.165) is 13.1 Å². The maximum atomic E-state index is 13.0. The van der Waals surface area contributed by atoms with Crippen molar-refractivity contribution in [1.82, 2.24) is 19.7 Å². The molecular formula is C24H34N4O4S. The molecule has 1 amide bonds. The summed E-state index contributed by atoms with van der Waals surface area (Å²) in [4.78, 5) is 15.6. The van der Waals surface area contributed by atoms with Gasteiger partial charge in [-0.15, -0.1) is 0 Å². The number of carbonyl (C=O) groups excluding carboxylic acids is 1. The largest absolute Gasteiger partial charge is 0.360 e. The number of nitrogens with one attached hydrogen (secondary N) is 1. The third-order valence-electron chi connectivity index (χ3n) is 6.90. The van der Waals surface area contributed by atoms with E-state index < -0.39 is 10.0 Å². The fourth-order valence-corrected chi connectivity index (χ4v) is 6.73. The van der Waals surface area contributed by atoms with Crippen LogP contribution >= 0.6 is 0 Å². The molecule has 2 aromatic rings. The Kier molecular flexibility index (Phi) is 7.21. The molecule has 2 aliphatic heterocycles. The minimum atomic E-state index is -3.67. The van der Waals surface area contributed by atoms with Crippen molar-refractivity contribution in [2.24, 2.45) is 5.92 Å². The van der Waals surface area contributed by atoms with E-state index in [1.807, 2.05) is 0 Å². The summed E-state index contributed by atoms with van der Waals surface area (Å²) in [6.45, 7) is 8.62. The lowest BCUT2D eigenvalue weighted by molar-refractivity contribution is -0.126. The van der Waals surface area contributed by atoms with Crippen LogP contribution < -0.4 is 5.32 Å². The molecule has 1 aromatic heterocycles. The molecule has 1 unspecified atom stereocenters. The summed E-state index contributed by atoms with van der Waals surface area (Å²) in [5.41, 5.74) is 2.82. The lowest BCUT2D eigenvalue weighted by Crippen LogP contribution is -2.44. The van der Waals surface area contributed by atoms with Gasteiger partial charge in [0.15, 0.2) is 5.76 Å². The van der Waals surface area contributed by atoms with Crippen molar-refractivity contribution >= 4 is 15.9 Å². The molecule has 180 valence electrons. The van der Waals surface area contributed by atoms with Crippen molar-refractivity contribution in [2.75, 3.05) is 32.7 Å². The summed E-state index contributed by atoms with van der Waals surface area (Å²) in [6.07, 6.45) is 3.39. The van der Waals surface area contributed by atoms with Gasteiger partial charge in [0.25, 0.3) is 0 Å². The van der Waals surface area contributed by atoms with Crippen LogP contribution in [0.2, 0.25) is 0 Å². The van der Waals surface area contributed by atoms with Gasteiger partial charge in [-0.05, 0) is 65.1 Å².